The van der Waals surface area contributed by atoms with Gasteiger partial charge in [0, 0.05) is 31.2 Å². The van der Waals surface area contributed by atoms with E-state index < -0.39 is 52.6 Å². The van der Waals surface area contributed by atoms with Gasteiger partial charge in [0.25, 0.3) is 5.56 Å². The van der Waals surface area contributed by atoms with E-state index >= 15 is 0 Å². The predicted molar refractivity (Wildman–Crippen MR) is 156 cm³/mol. The normalized spacial score (nSPS) is 17.0. The fourth-order valence-corrected chi connectivity index (χ4v) is 6.46. The predicted octanol–water partition coefficient (Wildman–Crippen LogP) is 5.08. The van der Waals surface area contributed by atoms with Crippen LogP contribution in [0, 0.1) is 11.6 Å². The van der Waals surface area contributed by atoms with Crippen LogP contribution in [-0.4, -0.2) is 27.1 Å². The molecule has 1 spiro atoms. The molecule has 1 saturated heterocycles. The van der Waals surface area contributed by atoms with E-state index in [9.17, 15) is 31.5 Å². The molecule has 2 aliphatic rings. The van der Waals surface area contributed by atoms with Crippen molar-refractivity contribution >= 4 is 0 Å². The van der Waals surface area contributed by atoms with E-state index in [4.69, 9.17) is 10.5 Å². The molecule has 1 aromatic heterocycles. The van der Waals surface area contributed by atoms with E-state index in [1.807, 2.05) is 6.07 Å². The lowest BCUT2D eigenvalue weighted by Gasteiger charge is -2.39. The molecule has 0 amide bonds. The molecule has 236 valence electrons. The Morgan fingerprint density at radius 2 is 1.60 bits per heavy atom. The highest BCUT2D eigenvalue weighted by atomic mass is 19.4. The van der Waals surface area contributed by atoms with Gasteiger partial charge in [0.1, 0.15) is 17.2 Å². The maximum atomic E-state index is 15.0. The Kier molecular flexibility index (Phi) is 8.23. The van der Waals surface area contributed by atoms with Gasteiger partial charge in [-0.05, 0) is 48.2 Å². The van der Waals surface area contributed by atoms with Crippen LogP contribution < -0.4 is 17.0 Å². The molecule has 3 heterocycles. The van der Waals surface area contributed by atoms with Gasteiger partial charge in [-0.25, -0.2) is 13.6 Å². The summed E-state index contributed by atoms with van der Waals surface area (Å²) < 4.78 is 78.7. The van der Waals surface area contributed by atoms with Crippen molar-refractivity contribution in [3.63, 3.8) is 0 Å². The third kappa shape index (κ3) is 5.97. The number of alkyl halides is 3. The van der Waals surface area contributed by atoms with Crippen LogP contribution in [0.3, 0.4) is 0 Å². The van der Waals surface area contributed by atoms with Gasteiger partial charge in [-0.2, -0.15) is 13.2 Å². The maximum absolute atomic E-state index is 15.0. The van der Waals surface area contributed by atoms with Crippen molar-refractivity contribution in [2.45, 2.75) is 56.9 Å². The van der Waals surface area contributed by atoms with Crippen molar-refractivity contribution in [2.24, 2.45) is 5.73 Å². The summed E-state index contributed by atoms with van der Waals surface area (Å²) in [6, 6.07) is 16.9. The SMILES string of the molecule is N[C@@H](Cn1c(=O)c2c(n(Cc3c(F)cccc3C(F)(F)F)c1=O)COC21CCN(Cc2cccc(F)c2)CC1)c1ccccc1. The molecule has 3 aromatic carbocycles. The van der Waals surface area contributed by atoms with Crippen LogP contribution >= 0.6 is 0 Å². The van der Waals surface area contributed by atoms with Gasteiger partial charge in [0.05, 0.1) is 36.5 Å². The lowest BCUT2D eigenvalue weighted by molar-refractivity contribution is -0.138. The number of ether oxygens (including phenoxy) is 1. The first-order valence-electron chi connectivity index (χ1n) is 14.6. The average molecular weight is 627 g/mol. The van der Waals surface area contributed by atoms with Crippen molar-refractivity contribution in [2.75, 3.05) is 13.1 Å². The van der Waals surface area contributed by atoms with Crippen molar-refractivity contribution in [3.05, 3.63) is 139 Å². The molecule has 6 rings (SSSR count). The standard InChI is InChI=1S/C33H31F5N4O3/c34-23-9-4-6-21(16-23)17-40-14-12-32(13-15-40)29-28(20-45-32)41(18-24-25(33(36,37)38)10-5-11-26(24)35)31(44)42(30(29)43)19-27(39)22-7-2-1-3-8-22/h1-11,16,27H,12-15,17-20,39H2/t27-/m0/s1. The summed E-state index contributed by atoms with van der Waals surface area (Å²) >= 11 is 0. The Hall–Kier alpha value is -4.13. The first-order valence-corrected chi connectivity index (χ1v) is 14.6. The number of piperidine rings is 1. The summed E-state index contributed by atoms with van der Waals surface area (Å²) in [6.45, 7) is 0.219. The number of aromatic nitrogens is 2. The highest BCUT2D eigenvalue weighted by Crippen LogP contribution is 2.43. The second-order valence-corrected chi connectivity index (χ2v) is 11.6. The molecule has 0 aliphatic carbocycles. The number of hydrogen-bond donors (Lipinski definition) is 1. The summed E-state index contributed by atoms with van der Waals surface area (Å²) in [6.07, 6.45) is -4.18. The lowest BCUT2D eigenvalue weighted by atomic mass is 9.85. The van der Waals surface area contributed by atoms with Gasteiger partial charge in [-0.15, -0.1) is 0 Å². The van der Waals surface area contributed by atoms with Crippen LogP contribution in [0.1, 0.15) is 52.4 Å². The number of hydrogen-bond acceptors (Lipinski definition) is 5. The van der Waals surface area contributed by atoms with E-state index in [0.717, 1.165) is 32.9 Å². The average Bonchev–Trinajstić information content (AvgIpc) is 3.37. The molecule has 7 nitrogen and oxygen atoms in total. The van der Waals surface area contributed by atoms with Crippen LogP contribution in [0.15, 0.2) is 82.4 Å². The molecule has 2 N–H and O–H groups in total. The Morgan fingerprint density at radius 3 is 2.29 bits per heavy atom. The molecular weight excluding hydrogens is 595 g/mol. The Balaban J connectivity index is 1.42. The second-order valence-electron chi connectivity index (χ2n) is 11.6. The van der Waals surface area contributed by atoms with Gasteiger partial charge in [-0.1, -0.05) is 48.5 Å². The molecule has 12 heteroatoms. The highest BCUT2D eigenvalue weighted by molar-refractivity contribution is 5.35. The minimum absolute atomic E-state index is 0.129. The van der Waals surface area contributed by atoms with E-state index in [1.54, 1.807) is 36.4 Å². The summed E-state index contributed by atoms with van der Waals surface area (Å²) in [4.78, 5) is 30.1. The first-order chi connectivity index (χ1) is 21.5. The summed E-state index contributed by atoms with van der Waals surface area (Å²) in [5.74, 6) is -1.46. The molecule has 1 fully saturated rings. The number of rotatable bonds is 7. The number of nitrogens with two attached hydrogens (primary N) is 1. The van der Waals surface area contributed by atoms with Crippen LogP contribution in [0.25, 0.3) is 0 Å². The fourth-order valence-electron chi connectivity index (χ4n) is 6.46. The third-order valence-electron chi connectivity index (χ3n) is 8.78. The Bertz CT molecular complexity index is 1830. The van der Waals surface area contributed by atoms with Crippen molar-refractivity contribution < 1.29 is 26.7 Å². The maximum Gasteiger partial charge on any atom is 0.416 e. The lowest BCUT2D eigenvalue weighted by Crippen LogP contribution is -2.49. The van der Waals surface area contributed by atoms with Crippen LogP contribution in [-0.2, 0) is 42.8 Å². The fraction of sp³-hybridized carbons (Fsp3) is 0.333. The number of likely N-dealkylation sites (tertiary alicyclic amines) is 1. The van der Waals surface area contributed by atoms with E-state index in [1.165, 1.54) is 12.1 Å². The monoisotopic (exact) mass is 626 g/mol. The van der Waals surface area contributed by atoms with E-state index in [2.05, 4.69) is 4.90 Å². The molecule has 2 aliphatic heterocycles. The zero-order valence-corrected chi connectivity index (χ0v) is 24.2. The molecule has 1 atom stereocenters. The van der Waals surface area contributed by atoms with Gasteiger partial charge in [0.2, 0.25) is 0 Å². The zero-order chi connectivity index (χ0) is 31.9. The van der Waals surface area contributed by atoms with E-state index in [-0.39, 0.29) is 30.2 Å². The minimum atomic E-state index is -4.87. The highest BCUT2D eigenvalue weighted by Gasteiger charge is 2.47. The van der Waals surface area contributed by atoms with Crippen LogP contribution in [0.5, 0.6) is 0 Å². The second kappa shape index (κ2) is 12.0. The minimum Gasteiger partial charge on any atom is -0.364 e. The van der Waals surface area contributed by atoms with Crippen molar-refractivity contribution in [1.29, 1.82) is 0 Å². The molecule has 4 aromatic rings. The van der Waals surface area contributed by atoms with Gasteiger partial charge in [0.15, 0.2) is 0 Å². The smallest absolute Gasteiger partial charge is 0.364 e. The number of nitrogens with zero attached hydrogens (tertiary/aromatic N) is 3. The molecule has 0 bridgehead atoms. The van der Waals surface area contributed by atoms with Crippen molar-refractivity contribution in [1.82, 2.24) is 14.0 Å². The molecule has 0 radical (unpaired) electrons. The number of fused-ring (bicyclic) bond motifs is 2. The number of halogens is 5. The third-order valence-corrected chi connectivity index (χ3v) is 8.78. The number of benzene rings is 3. The Labute approximate surface area is 255 Å². The summed E-state index contributed by atoms with van der Waals surface area (Å²) in [5, 5.41) is 0. The van der Waals surface area contributed by atoms with Gasteiger partial charge < -0.3 is 10.5 Å². The molecular formula is C33H31F5N4O3. The van der Waals surface area contributed by atoms with Crippen LogP contribution in [0.4, 0.5) is 22.0 Å². The summed E-state index contributed by atoms with van der Waals surface area (Å²) in [5.41, 5.74) is 3.61. The molecule has 0 saturated carbocycles. The molecule has 0 unspecified atom stereocenters. The summed E-state index contributed by atoms with van der Waals surface area (Å²) in [7, 11) is 0. The van der Waals surface area contributed by atoms with Crippen molar-refractivity contribution in [3.8, 4) is 0 Å². The molecule has 45 heavy (non-hydrogen) atoms. The quantitative estimate of drug-likeness (QED) is 0.290. The van der Waals surface area contributed by atoms with E-state index in [0.29, 0.717) is 38.0 Å². The van der Waals surface area contributed by atoms with Gasteiger partial charge in [-0.3, -0.25) is 18.8 Å². The largest absolute Gasteiger partial charge is 0.416 e. The Morgan fingerprint density at radius 1 is 0.889 bits per heavy atom. The van der Waals surface area contributed by atoms with Gasteiger partial charge >= 0.3 is 11.9 Å². The zero-order valence-electron chi connectivity index (χ0n) is 24.2. The topological polar surface area (TPSA) is 82.5 Å². The first kappa shape index (κ1) is 30.9. The van der Waals surface area contributed by atoms with Crippen LogP contribution in [0.2, 0.25) is 0 Å².